The van der Waals surface area contributed by atoms with Gasteiger partial charge in [0.2, 0.25) is 0 Å². The van der Waals surface area contributed by atoms with Gasteiger partial charge >= 0.3 is 6.03 Å². The van der Waals surface area contributed by atoms with E-state index in [0.717, 1.165) is 5.56 Å². The van der Waals surface area contributed by atoms with E-state index in [1.165, 1.54) is 0 Å². The van der Waals surface area contributed by atoms with Gasteiger partial charge in [-0.25, -0.2) is 4.79 Å². The molecule has 0 aliphatic heterocycles. The molecule has 6 heteroatoms. The summed E-state index contributed by atoms with van der Waals surface area (Å²) in [4.78, 5) is 25.1. The summed E-state index contributed by atoms with van der Waals surface area (Å²) >= 11 is 6.45. The summed E-state index contributed by atoms with van der Waals surface area (Å²) in [5.41, 5.74) is 3.67. The highest BCUT2D eigenvalue weighted by Crippen LogP contribution is 2.29. The van der Waals surface area contributed by atoms with Gasteiger partial charge in [-0.15, -0.1) is 0 Å². The zero-order valence-corrected chi connectivity index (χ0v) is 18.8. The molecule has 31 heavy (non-hydrogen) atoms. The molecule has 3 aromatic rings. The fraction of sp³-hybridized carbons (Fsp3) is 0.200. The van der Waals surface area contributed by atoms with Crippen molar-refractivity contribution in [3.8, 4) is 0 Å². The maximum absolute atomic E-state index is 12.9. The van der Waals surface area contributed by atoms with Gasteiger partial charge in [-0.1, -0.05) is 48.0 Å². The molecule has 0 radical (unpaired) electrons. The number of benzene rings is 3. The molecule has 3 aromatic carbocycles. The van der Waals surface area contributed by atoms with Crippen LogP contribution >= 0.6 is 11.6 Å². The van der Waals surface area contributed by atoms with Crippen LogP contribution in [0.5, 0.6) is 0 Å². The van der Waals surface area contributed by atoms with Gasteiger partial charge in [-0.05, 0) is 63.6 Å². The highest BCUT2D eigenvalue weighted by molar-refractivity contribution is 6.35. The fourth-order valence-electron chi connectivity index (χ4n) is 3.10. The van der Waals surface area contributed by atoms with Gasteiger partial charge in [0.15, 0.2) is 5.78 Å². The number of ketones is 1. The van der Waals surface area contributed by atoms with Crippen molar-refractivity contribution in [2.24, 2.45) is 0 Å². The van der Waals surface area contributed by atoms with E-state index in [9.17, 15) is 9.59 Å². The Labute approximate surface area is 187 Å². The summed E-state index contributed by atoms with van der Waals surface area (Å²) in [7, 11) is 0. The second-order valence-electron chi connectivity index (χ2n) is 8.34. The second kappa shape index (κ2) is 9.23. The van der Waals surface area contributed by atoms with E-state index >= 15 is 0 Å². The first-order valence-electron chi connectivity index (χ1n) is 9.99. The second-order valence-corrected chi connectivity index (χ2v) is 8.75. The Morgan fingerprint density at radius 1 is 0.839 bits per heavy atom. The Morgan fingerprint density at radius 3 is 2.13 bits per heavy atom. The van der Waals surface area contributed by atoms with Gasteiger partial charge in [0.05, 0.1) is 16.4 Å². The topological polar surface area (TPSA) is 70.2 Å². The average Bonchev–Trinajstić information content (AvgIpc) is 2.68. The van der Waals surface area contributed by atoms with Crippen LogP contribution in [0.15, 0.2) is 66.7 Å². The normalized spacial score (nSPS) is 11.0. The quantitative estimate of drug-likeness (QED) is 0.398. The molecule has 3 rings (SSSR count). The lowest BCUT2D eigenvalue weighted by molar-refractivity contribution is 0.103. The first kappa shape index (κ1) is 22.4. The molecule has 5 nitrogen and oxygen atoms in total. The van der Waals surface area contributed by atoms with Crippen molar-refractivity contribution in [1.82, 2.24) is 5.32 Å². The number of amides is 2. The van der Waals surface area contributed by atoms with Crippen molar-refractivity contribution in [3.05, 3.63) is 88.4 Å². The molecule has 0 spiro atoms. The van der Waals surface area contributed by atoms with E-state index in [1.807, 2.05) is 70.2 Å². The lowest BCUT2D eigenvalue weighted by Crippen LogP contribution is -2.43. The third-order valence-corrected chi connectivity index (χ3v) is 4.86. The molecule has 0 aromatic heterocycles. The molecule has 160 valence electrons. The number of aryl methyl sites for hydroxylation is 1. The molecule has 0 unspecified atom stereocenters. The van der Waals surface area contributed by atoms with Gasteiger partial charge in [-0.3, -0.25) is 4.79 Å². The van der Waals surface area contributed by atoms with Crippen molar-refractivity contribution in [2.75, 3.05) is 10.6 Å². The molecule has 0 aliphatic rings. The Balaban J connectivity index is 1.80. The van der Waals surface area contributed by atoms with Crippen molar-refractivity contribution < 1.29 is 9.59 Å². The van der Waals surface area contributed by atoms with Crippen molar-refractivity contribution in [2.45, 2.75) is 33.2 Å². The third kappa shape index (κ3) is 5.86. The van der Waals surface area contributed by atoms with Crippen LogP contribution in [-0.4, -0.2) is 17.4 Å². The number of rotatable bonds is 5. The molecular formula is C25H26ClN3O2. The number of para-hydroxylation sites is 2. The highest BCUT2D eigenvalue weighted by atomic mass is 35.5. The van der Waals surface area contributed by atoms with Crippen LogP contribution in [0, 0.1) is 6.92 Å². The number of carbonyl (C=O) groups excluding carboxylic acids is 2. The van der Waals surface area contributed by atoms with Crippen LogP contribution in [-0.2, 0) is 0 Å². The van der Waals surface area contributed by atoms with Crippen LogP contribution in [0.25, 0.3) is 0 Å². The Bertz CT molecular complexity index is 1120. The van der Waals surface area contributed by atoms with Crippen LogP contribution < -0.4 is 16.0 Å². The van der Waals surface area contributed by atoms with E-state index in [1.54, 1.807) is 24.3 Å². The van der Waals surface area contributed by atoms with E-state index in [2.05, 4.69) is 16.0 Å². The van der Waals surface area contributed by atoms with E-state index < -0.39 is 0 Å². The van der Waals surface area contributed by atoms with Crippen molar-refractivity contribution in [1.29, 1.82) is 0 Å². The van der Waals surface area contributed by atoms with Gasteiger partial charge in [0, 0.05) is 22.4 Å². The number of urea groups is 1. The summed E-state index contributed by atoms with van der Waals surface area (Å²) in [6, 6.07) is 19.7. The van der Waals surface area contributed by atoms with Crippen LogP contribution in [0.3, 0.4) is 0 Å². The predicted octanol–water partition coefficient (Wildman–Crippen LogP) is 6.54. The SMILES string of the molecule is Cc1ccccc1C(=O)c1ccc(Nc2ccccc2NC(=O)NC(C)(C)C)cc1Cl. The summed E-state index contributed by atoms with van der Waals surface area (Å²) in [6.45, 7) is 7.65. The minimum atomic E-state index is -0.348. The largest absolute Gasteiger partial charge is 0.354 e. The molecule has 0 saturated carbocycles. The van der Waals surface area contributed by atoms with E-state index in [0.29, 0.717) is 33.2 Å². The van der Waals surface area contributed by atoms with Gasteiger partial charge in [0.1, 0.15) is 0 Å². The number of anilines is 3. The van der Waals surface area contributed by atoms with E-state index in [4.69, 9.17) is 11.6 Å². The predicted molar refractivity (Wildman–Crippen MR) is 128 cm³/mol. The number of hydrogen-bond acceptors (Lipinski definition) is 3. The number of carbonyl (C=O) groups is 2. The Kier molecular flexibility index (Phi) is 6.66. The Hall–Kier alpha value is -3.31. The molecule has 3 N–H and O–H groups in total. The molecule has 0 fully saturated rings. The first-order chi connectivity index (χ1) is 14.6. The first-order valence-corrected chi connectivity index (χ1v) is 10.4. The van der Waals surface area contributed by atoms with Gasteiger partial charge in [0.25, 0.3) is 0 Å². The maximum Gasteiger partial charge on any atom is 0.319 e. The average molecular weight is 436 g/mol. The fourth-order valence-corrected chi connectivity index (χ4v) is 3.37. The maximum atomic E-state index is 12.9. The zero-order chi connectivity index (χ0) is 22.6. The van der Waals surface area contributed by atoms with Crippen LogP contribution in [0.4, 0.5) is 21.9 Å². The third-order valence-electron chi connectivity index (χ3n) is 4.55. The van der Waals surface area contributed by atoms with Crippen LogP contribution in [0.1, 0.15) is 42.3 Å². The molecule has 0 atom stereocenters. The minimum absolute atomic E-state index is 0.115. The molecular weight excluding hydrogens is 410 g/mol. The molecule has 2 amide bonds. The summed E-state index contributed by atoms with van der Waals surface area (Å²) in [6.07, 6.45) is 0. The van der Waals surface area contributed by atoms with Gasteiger partial charge in [-0.2, -0.15) is 0 Å². The summed E-state index contributed by atoms with van der Waals surface area (Å²) in [5, 5.41) is 9.35. The number of nitrogens with one attached hydrogen (secondary N) is 3. The minimum Gasteiger partial charge on any atom is -0.354 e. The van der Waals surface area contributed by atoms with E-state index in [-0.39, 0.29) is 17.4 Å². The summed E-state index contributed by atoms with van der Waals surface area (Å²) < 4.78 is 0. The zero-order valence-electron chi connectivity index (χ0n) is 18.0. The van der Waals surface area contributed by atoms with Crippen molar-refractivity contribution >= 4 is 40.5 Å². The standard InChI is InChI=1S/C25H26ClN3O2/c1-16-9-5-6-10-18(16)23(30)19-14-13-17(15-20(19)26)27-21-11-7-8-12-22(21)28-24(31)29-25(2,3)4/h5-15,27H,1-4H3,(H2,28,29,31). The smallest absolute Gasteiger partial charge is 0.319 e. The number of halogens is 1. The van der Waals surface area contributed by atoms with Gasteiger partial charge < -0.3 is 16.0 Å². The van der Waals surface area contributed by atoms with Crippen molar-refractivity contribution in [3.63, 3.8) is 0 Å². The molecule has 0 saturated heterocycles. The Morgan fingerprint density at radius 2 is 1.48 bits per heavy atom. The molecule has 0 bridgehead atoms. The number of hydrogen-bond donors (Lipinski definition) is 3. The summed E-state index contributed by atoms with van der Waals surface area (Å²) in [5.74, 6) is -0.115. The lowest BCUT2D eigenvalue weighted by atomic mass is 9.99. The monoisotopic (exact) mass is 435 g/mol. The highest BCUT2D eigenvalue weighted by Gasteiger charge is 2.17. The molecule has 0 aliphatic carbocycles. The molecule has 0 heterocycles. The lowest BCUT2D eigenvalue weighted by Gasteiger charge is -2.21. The van der Waals surface area contributed by atoms with Crippen LogP contribution in [0.2, 0.25) is 5.02 Å².